The molecule has 2 amide bonds. The summed E-state index contributed by atoms with van der Waals surface area (Å²) in [6, 6.07) is 6.06. The van der Waals surface area contributed by atoms with E-state index in [0.29, 0.717) is 11.7 Å². The Morgan fingerprint density at radius 3 is 2.93 bits per heavy atom. The summed E-state index contributed by atoms with van der Waals surface area (Å²) in [5.41, 5.74) is 3.50. The molecule has 2 aliphatic heterocycles. The molecule has 1 aromatic heterocycles. The van der Waals surface area contributed by atoms with Crippen LogP contribution in [0.1, 0.15) is 6.92 Å². The topological polar surface area (TPSA) is 111 Å². The standard InChI is InChI=1S/C17H20FN7O2S3/c1-2-28-17-24-23-16(30-17)20-12(26)8-29-15-21-13-11(14(27)22-15)7-19-25(13)10-5-3-9(18)4-6-10/h3-6,11,13,15,19,21H,2,7-8H2,1H3,(H,22,27)(H,20,23,26). The van der Waals surface area contributed by atoms with Crippen LogP contribution in [0.4, 0.5) is 15.2 Å². The van der Waals surface area contributed by atoms with Gasteiger partial charge in [-0.2, -0.15) is 0 Å². The number of nitrogens with zero attached hydrogens (tertiary/aromatic N) is 3. The van der Waals surface area contributed by atoms with Gasteiger partial charge in [0.15, 0.2) is 4.34 Å². The van der Waals surface area contributed by atoms with Gasteiger partial charge in [0.05, 0.1) is 17.4 Å². The number of anilines is 2. The predicted molar refractivity (Wildman–Crippen MR) is 117 cm³/mol. The molecule has 30 heavy (non-hydrogen) atoms. The molecule has 9 nitrogen and oxygen atoms in total. The van der Waals surface area contributed by atoms with E-state index in [9.17, 15) is 14.0 Å². The van der Waals surface area contributed by atoms with Gasteiger partial charge in [0, 0.05) is 6.54 Å². The van der Waals surface area contributed by atoms with Crippen molar-refractivity contribution < 1.29 is 14.0 Å². The molecule has 3 heterocycles. The third-order valence-electron chi connectivity index (χ3n) is 4.48. The van der Waals surface area contributed by atoms with Crippen molar-refractivity contribution in [2.45, 2.75) is 22.9 Å². The number of fused-ring (bicyclic) bond motifs is 1. The largest absolute Gasteiger partial charge is 0.331 e. The van der Waals surface area contributed by atoms with Gasteiger partial charge in [-0.15, -0.1) is 22.0 Å². The van der Waals surface area contributed by atoms with E-state index in [0.717, 1.165) is 15.8 Å². The molecule has 0 bridgehead atoms. The fourth-order valence-electron chi connectivity index (χ4n) is 3.15. The summed E-state index contributed by atoms with van der Waals surface area (Å²) >= 11 is 4.17. The molecular formula is C17H20FN7O2S3. The van der Waals surface area contributed by atoms with Gasteiger partial charge < -0.3 is 5.32 Å². The van der Waals surface area contributed by atoms with Crippen LogP contribution in [-0.4, -0.2) is 51.7 Å². The van der Waals surface area contributed by atoms with Gasteiger partial charge in [-0.1, -0.05) is 30.0 Å². The van der Waals surface area contributed by atoms with Crippen molar-refractivity contribution >= 4 is 57.5 Å². The Morgan fingerprint density at radius 1 is 1.37 bits per heavy atom. The number of benzene rings is 1. The number of amides is 2. The van der Waals surface area contributed by atoms with Crippen LogP contribution in [0.3, 0.4) is 0 Å². The van der Waals surface area contributed by atoms with Crippen molar-refractivity contribution in [3.05, 3.63) is 30.1 Å². The normalized spacial score (nSPS) is 23.2. The van der Waals surface area contributed by atoms with E-state index in [1.807, 2.05) is 11.9 Å². The van der Waals surface area contributed by atoms with E-state index < -0.39 is 5.50 Å². The van der Waals surface area contributed by atoms with Crippen LogP contribution < -0.4 is 26.4 Å². The molecule has 2 fully saturated rings. The molecule has 0 radical (unpaired) electrons. The fraction of sp³-hybridized carbons (Fsp3) is 0.412. The van der Waals surface area contributed by atoms with E-state index in [-0.39, 0.29) is 35.5 Å². The second-order valence-electron chi connectivity index (χ2n) is 6.48. The van der Waals surface area contributed by atoms with Crippen LogP contribution in [0.2, 0.25) is 0 Å². The minimum Gasteiger partial charge on any atom is -0.331 e. The van der Waals surface area contributed by atoms with E-state index >= 15 is 0 Å². The number of nitrogens with one attached hydrogen (secondary N) is 4. The van der Waals surface area contributed by atoms with E-state index in [1.165, 1.54) is 35.2 Å². The van der Waals surface area contributed by atoms with Crippen molar-refractivity contribution in [3.63, 3.8) is 0 Å². The van der Waals surface area contributed by atoms with Gasteiger partial charge in [0.1, 0.15) is 17.5 Å². The highest BCUT2D eigenvalue weighted by molar-refractivity contribution is 8.01. The lowest BCUT2D eigenvalue weighted by molar-refractivity contribution is -0.127. The van der Waals surface area contributed by atoms with Crippen LogP contribution in [-0.2, 0) is 9.59 Å². The van der Waals surface area contributed by atoms with Crippen LogP contribution in [0.15, 0.2) is 28.6 Å². The highest BCUT2D eigenvalue weighted by atomic mass is 32.2. The zero-order valence-electron chi connectivity index (χ0n) is 15.9. The van der Waals surface area contributed by atoms with Gasteiger partial charge in [-0.3, -0.25) is 25.2 Å². The molecule has 2 aliphatic rings. The smallest absolute Gasteiger partial charge is 0.236 e. The Kier molecular flexibility index (Phi) is 6.73. The second-order valence-corrected chi connectivity index (χ2v) is 10.1. The lowest BCUT2D eigenvalue weighted by Gasteiger charge is -2.37. The van der Waals surface area contributed by atoms with Gasteiger partial charge in [-0.05, 0) is 30.0 Å². The maximum Gasteiger partial charge on any atom is 0.236 e. The molecule has 3 atom stereocenters. The average Bonchev–Trinajstić information content (AvgIpc) is 3.35. The van der Waals surface area contributed by atoms with Crippen molar-refractivity contribution in [1.82, 2.24) is 26.3 Å². The molecule has 2 saturated heterocycles. The van der Waals surface area contributed by atoms with Gasteiger partial charge >= 0.3 is 0 Å². The van der Waals surface area contributed by atoms with Crippen LogP contribution >= 0.6 is 34.9 Å². The van der Waals surface area contributed by atoms with Gasteiger partial charge in [-0.25, -0.2) is 9.82 Å². The molecule has 1 aromatic carbocycles. The predicted octanol–water partition coefficient (Wildman–Crippen LogP) is 1.43. The van der Waals surface area contributed by atoms with Crippen molar-refractivity contribution in [1.29, 1.82) is 0 Å². The molecule has 0 saturated carbocycles. The van der Waals surface area contributed by atoms with Crippen LogP contribution in [0.5, 0.6) is 0 Å². The maximum absolute atomic E-state index is 13.2. The number of hydrogen-bond acceptors (Lipinski definition) is 10. The number of aromatic nitrogens is 2. The van der Waals surface area contributed by atoms with E-state index in [2.05, 4.69) is 31.6 Å². The number of carbonyl (C=O) groups excluding carboxylic acids is 2. The fourth-order valence-corrected chi connectivity index (χ4v) is 5.64. The highest BCUT2D eigenvalue weighted by Crippen LogP contribution is 2.28. The zero-order chi connectivity index (χ0) is 21.1. The van der Waals surface area contributed by atoms with E-state index in [1.54, 1.807) is 23.9 Å². The summed E-state index contributed by atoms with van der Waals surface area (Å²) in [6.07, 6.45) is -0.304. The third kappa shape index (κ3) is 4.86. The molecule has 13 heteroatoms. The monoisotopic (exact) mass is 469 g/mol. The number of thioether (sulfide) groups is 2. The highest BCUT2D eigenvalue weighted by Gasteiger charge is 2.44. The quantitative estimate of drug-likeness (QED) is 0.353. The van der Waals surface area contributed by atoms with E-state index in [4.69, 9.17) is 0 Å². The zero-order valence-corrected chi connectivity index (χ0v) is 18.4. The summed E-state index contributed by atoms with van der Waals surface area (Å²) in [5.74, 6) is 0.0872. The molecular weight excluding hydrogens is 449 g/mol. The minimum absolute atomic E-state index is 0.0980. The van der Waals surface area contributed by atoms with Gasteiger partial charge in [0.2, 0.25) is 16.9 Å². The Labute approximate surface area is 184 Å². The summed E-state index contributed by atoms with van der Waals surface area (Å²) in [6.45, 7) is 2.49. The Balaban J connectivity index is 1.33. The Bertz CT molecular complexity index is 913. The van der Waals surface area contributed by atoms with Crippen LogP contribution in [0, 0.1) is 11.7 Å². The van der Waals surface area contributed by atoms with Crippen LogP contribution in [0.25, 0.3) is 0 Å². The summed E-state index contributed by atoms with van der Waals surface area (Å²) in [4.78, 5) is 24.8. The average molecular weight is 470 g/mol. The first-order valence-corrected chi connectivity index (χ1v) is 12.1. The first-order chi connectivity index (χ1) is 14.5. The SMILES string of the molecule is CCSc1nnc(NC(=O)CSC2NC(=O)C3CNN(c4ccc(F)cc4)C3N2)s1. The number of rotatable bonds is 7. The molecule has 3 unspecified atom stereocenters. The summed E-state index contributed by atoms with van der Waals surface area (Å²) in [7, 11) is 0. The second kappa shape index (κ2) is 9.47. The summed E-state index contributed by atoms with van der Waals surface area (Å²) < 4.78 is 14.0. The Hall–Kier alpha value is -1.93. The number of halogens is 1. The Morgan fingerprint density at radius 2 is 2.17 bits per heavy atom. The molecule has 0 spiro atoms. The molecule has 4 rings (SSSR count). The molecule has 0 aliphatic carbocycles. The van der Waals surface area contributed by atoms with Crippen molar-refractivity contribution in [3.8, 4) is 0 Å². The molecule has 2 aromatic rings. The van der Waals surface area contributed by atoms with Gasteiger partial charge in [0.25, 0.3) is 0 Å². The number of carbonyl (C=O) groups is 2. The van der Waals surface area contributed by atoms with Crippen molar-refractivity contribution in [2.24, 2.45) is 5.92 Å². The minimum atomic E-state index is -0.437. The first-order valence-electron chi connectivity index (χ1n) is 9.26. The lowest BCUT2D eigenvalue weighted by Crippen LogP contribution is -2.63. The number of hydrazine groups is 1. The third-order valence-corrected chi connectivity index (χ3v) is 7.35. The summed E-state index contributed by atoms with van der Waals surface area (Å²) in [5, 5.41) is 19.2. The van der Waals surface area contributed by atoms with Crippen molar-refractivity contribution in [2.75, 3.05) is 28.4 Å². The molecule has 160 valence electrons. The maximum atomic E-state index is 13.2. The first kappa shape index (κ1) is 21.3. The molecule has 4 N–H and O–H groups in total. The number of hydrogen-bond donors (Lipinski definition) is 4. The lowest BCUT2D eigenvalue weighted by atomic mass is 10.1.